The molecule has 1 fully saturated rings. The molecule has 0 bridgehead atoms. The number of aromatic nitrogens is 4. The number of carbonyl (C=O) groups excluding carboxylic acids is 1. The molecule has 2 unspecified atom stereocenters. The molecule has 0 aromatic carbocycles. The number of aliphatic hydroxyl groups excluding tert-OH is 1. The lowest BCUT2D eigenvalue weighted by Gasteiger charge is -2.40. The molecule has 1 amide bonds. The molecule has 2 aromatic rings. The number of aromatic amines is 1. The Morgan fingerprint density at radius 2 is 2.09 bits per heavy atom. The van der Waals surface area contributed by atoms with E-state index in [0.29, 0.717) is 0 Å². The molecule has 0 spiro atoms. The maximum absolute atomic E-state index is 12.6. The van der Waals surface area contributed by atoms with Crippen LogP contribution in [0.3, 0.4) is 0 Å². The van der Waals surface area contributed by atoms with Crippen molar-refractivity contribution < 1.29 is 19.1 Å². The monoisotopic (exact) mass is 466 g/mol. The Morgan fingerprint density at radius 1 is 1.44 bits per heavy atom. The first kappa shape index (κ1) is 24.5. The van der Waals surface area contributed by atoms with Gasteiger partial charge in [-0.25, -0.2) is 4.98 Å². The molecule has 5 N–H and O–H groups in total. The molecule has 1 aliphatic heterocycles. The van der Waals surface area contributed by atoms with Crippen molar-refractivity contribution in [2.45, 2.75) is 77.2 Å². The van der Waals surface area contributed by atoms with Crippen LogP contribution in [0, 0.1) is 5.92 Å². The van der Waals surface area contributed by atoms with Crippen molar-refractivity contribution in [3.05, 3.63) is 16.7 Å². The number of nitrogens with two attached hydrogens (primary N) is 1. The van der Waals surface area contributed by atoms with Gasteiger partial charge in [0.05, 0.1) is 19.0 Å². The van der Waals surface area contributed by atoms with Gasteiger partial charge in [0.2, 0.25) is 11.9 Å². The molecule has 1 saturated heterocycles. The summed E-state index contributed by atoms with van der Waals surface area (Å²) < 4.78 is 14.2. The summed E-state index contributed by atoms with van der Waals surface area (Å²) in [6, 6.07) is -0.585. The highest BCUT2D eigenvalue weighted by Crippen LogP contribution is 2.41. The summed E-state index contributed by atoms with van der Waals surface area (Å²) in [7, 11) is -2.25. The third-order valence-corrected chi connectivity index (χ3v) is 10.8. The van der Waals surface area contributed by atoms with Gasteiger partial charge >= 0.3 is 0 Å². The van der Waals surface area contributed by atoms with Gasteiger partial charge in [-0.15, -0.1) is 0 Å². The fourth-order valence-electron chi connectivity index (χ4n) is 3.22. The van der Waals surface area contributed by atoms with E-state index in [0.717, 1.165) is 0 Å². The number of nitrogens with one attached hydrogen (secondary N) is 2. The van der Waals surface area contributed by atoms with Crippen molar-refractivity contribution in [2.24, 2.45) is 11.7 Å². The van der Waals surface area contributed by atoms with Crippen molar-refractivity contribution in [3.63, 3.8) is 0 Å². The maximum atomic E-state index is 12.6. The lowest BCUT2D eigenvalue weighted by molar-refractivity contribution is -0.118. The summed E-state index contributed by atoms with van der Waals surface area (Å²) >= 11 is 0. The number of nitrogens with zero attached hydrogens (tertiary/aromatic N) is 3. The van der Waals surface area contributed by atoms with Gasteiger partial charge in [0, 0.05) is 5.92 Å². The Bertz CT molecular complexity index is 1040. The molecule has 4 atom stereocenters. The summed E-state index contributed by atoms with van der Waals surface area (Å²) in [4.78, 5) is 35.8. The summed E-state index contributed by atoms with van der Waals surface area (Å²) in [6.45, 7) is 13.8. The highest BCUT2D eigenvalue weighted by Gasteiger charge is 2.49. The molecule has 0 aliphatic carbocycles. The van der Waals surface area contributed by atoms with Gasteiger partial charge in [-0.3, -0.25) is 24.5 Å². The zero-order valence-corrected chi connectivity index (χ0v) is 20.7. The van der Waals surface area contributed by atoms with Crippen LogP contribution in [0.15, 0.2) is 11.1 Å². The van der Waals surface area contributed by atoms with Crippen molar-refractivity contribution in [1.82, 2.24) is 19.5 Å². The molecular weight excluding hydrogens is 432 g/mol. The van der Waals surface area contributed by atoms with E-state index in [1.165, 1.54) is 6.33 Å². The van der Waals surface area contributed by atoms with Crippen LogP contribution in [0.1, 0.15) is 40.8 Å². The second kappa shape index (κ2) is 8.67. The SMILES string of the molecule is CC(C)C(=O)Nc1nc2c(ncn2[C@@H]2OC(CO)[C@H](N)C2O[Si](C)(C)C(C)(C)C)c(=O)[nH]1. The van der Waals surface area contributed by atoms with Gasteiger partial charge in [0.25, 0.3) is 5.56 Å². The summed E-state index contributed by atoms with van der Waals surface area (Å²) in [5.41, 5.74) is 6.26. The minimum absolute atomic E-state index is 0.0193. The molecule has 12 heteroatoms. The van der Waals surface area contributed by atoms with Gasteiger partial charge in [0.1, 0.15) is 12.2 Å². The number of imidazole rings is 1. The van der Waals surface area contributed by atoms with Gasteiger partial charge in [0.15, 0.2) is 25.7 Å². The quantitative estimate of drug-likeness (QED) is 0.464. The second-order valence-corrected chi connectivity index (χ2v) is 14.8. The topological polar surface area (TPSA) is 157 Å². The van der Waals surface area contributed by atoms with Gasteiger partial charge in [-0.1, -0.05) is 34.6 Å². The smallest absolute Gasteiger partial charge is 0.280 e. The largest absolute Gasteiger partial charge is 0.408 e. The van der Waals surface area contributed by atoms with Crippen molar-refractivity contribution in [1.29, 1.82) is 0 Å². The number of hydrogen-bond acceptors (Lipinski definition) is 8. The number of ether oxygens (including phenoxy) is 1. The first-order valence-electron chi connectivity index (χ1n) is 10.7. The van der Waals surface area contributed by atoms with E-state index in [2.05, 4.69) is 54.1 Å². The lowest BCUT2D eigenvalue weighted by atomic mass is 10.1. The Kier molecular flexibility index (Phi) is 6.64. The predicted octanol–water partition coefficient (Wildman–Crippen LogP) is 1.32. The lowest BCUT2D eigenvalue weighted by Crippen LogP contribution is -2.51. The summed E-state index contributed by atoms with van der Waals surface area (Å²) in [5, 5.41) is 12.3. The number of rotatable bonds is 6. The molecule has 1 aliphatic rings. The second-order valence-electron chi connectivity index (χ2n) is 10.1. The fourth-order valence-corrected chi connectivity index (χ4v) is 4.53. The molecule has 3 heterocycles. The van der Waals surface area contributed by atoms with Crippen LogP contribution < -0.4 is 16.6 Å². The fraction of sp³-hybridized carbons (Fsp3) is 0.700. The molecular formula is C20H34N6O5Si. The molecule has 3 rings (SSSR count). The Labute approximate surface area is 187 Å². The van der Waals surface area contributed by atoms with Crippen LogP contribution in [0.4, 0.5) is 5.95 Å². The zero-order valence-electron chi connectivity index (χ0n) is 19.7. The number of aliphatic hydroxyl groups is 1. The highest BCUT2D eigenvalue weighted by molar-refractivity contribution is 6.74. The first-order valence-corrected chi connectivity index (χ1v) is 13.6. The average Bonchev–Trinajstić information content (AvgIpc) is 3.22. The average molecular weight is 467 g/mol. The van der Waals surface area contributed by atoms with Gasteiger partial charge < -0.3 is 20.0 Å². The van der Waals surface area contributed by atoms with E-state index in [-0.39, 0.29) is 40.6 Å². The van der Waals surface area contributed by atoms with Crippen LogP contribution in [0.2, 0.25) is 18.1 Å². The van der Waals surface area contributed by atoms with Crippen molar-refractivity contribution in [3.8, 4) is 0 Å². The molecule has 32 heavy (non-hydrogen) atoms. The normalized spacial score (nSPS) is 24.4. The van der Waals surface area contributed by atoms with Crippen LogP contribution in [0.25, 0.3) is 11.2 Å². The minimum Gasteiger partial charge on any atom is -0.408 e. The van der Waals surface area contributed by atoms with E-state index in [1.54, 1.807) is 18.4 Å². The van der Waals surface area contributed by atoms with Crippen molar-refractivity contribution >= 4 is 31.3 Å². The van der Waals surface area contributed by atoms with E-state index in [9.17, 15) is 14.7 Å². The standard InChI is InChI=1S/C20H34N6O5Si/c1-10(2)16(28)24-19-23-15-13(17(29)25-19)22-9-26(15)18-14(12(21)11(8-27)30-18)31-32(6,7)20(3,4)5/h9-12,14,18,27H,8,21H2,1-7H3,(H2,23,24,25,28,29)/t11?,12-,14?,18+/m0/s1. The first-order chi connectivity index (χ1) is 14.8. The van der Waals surface area contributed by atoms with Crippen LogP contribution in [-0.4, -0.2) is 63.7 Å². The van der Waals surface area contributed by atoms with E-state index in [4.69, 9.17) is 14.9 Å². The molecule has 11 nitrogen and oxygen atoms in total. The molecule has 0 radical (unpaired) electrons. The summed E-state index contributed by atoms with van der Waals surface area (Å²) in [6.07, 6.45) is -0.529. The van der Waals surface area contributed by atoms with Crippen LogP contribution in [0.5, 0.6) is 0 Å². The van der Waals surface area contributed by atoms with Gasteiger partial charge in [-0.2, -0.15) is 4.98 Å². The number of H-pyrrole nitrogens is 1. The maximum Gasteiger partial charge on any atom is 0.280 e. The number of carbonyl (C=O) groups is 1. The molecule has 178 valence electrons. The summed E-state index contributed by atoms with van der Waals surface area (Å²) in [5.74, 6) is -0.548. The van der Waals surface area contributed by atoms with E-state index < -0.39 is 38.4 Å². The third-order valence-electron chi connectivity index (χ3n) is 6.29. The number of anilines is 1. The predicted molar refractivity (Wildman–Crippen MR) is 123 cm³/mol. The number of fused-ring (bicyclic) bond motifs is 1. The van der Waals surface area contributed by atoms with E-state index >= 15 is 0 Å². The Morgan fingerprint density at radius 3 is 2.66 bits per heavy atom. The van der Waals surface area contributed by atoms with Crippen LogP contribution >= 0.6 is 0 Å². The highest BCUT2D eigenvalue weighted by atomic mass is 28.4. The van der Waals surface area contributed by atoms with Crippen LogP contribution in [-0.2, 0) is 14.0 Å². The zero-order chi connectivity index (χ0) is 24.0. The Balaban J connectivity index is 2.05. The van der Waals surface area contributed by atoms with E-state index in [1.807, 2.05) is 0 Å². The molecule has 2 aromatic heterocycles. The number of amides is 1. The number of hydrogen-bond donors (Lipinski definition) is 4. The minimum atomic E-state index is -2.25. The van der Waals surface area contributed by atoms with Gasteiger partial charge in [-0.05, 0) is 18.1 Å². The third kappa shape index (κ3) is 4.50. The van der Waals surface area contributed by atoms with Crippen molar-refractivity contribution in [2.75, 3.05) is 11.9 Å². The Hall–Kier alpha value is -2.12. The molecule has 0 saturated carbocycles.